The maximum absolute atomic E-state index is 12.5. The average Bonchev–Trinajstić information content (AvgIpc) is 3.80. The number of amides is 2. The van der Waals surface area contributed by atoms with Crippen LogP contribution in [-0.4, -0.2) is 52.6 Å². The minimum absolute atomic E-state index is 0.0535. The molecule has 0 unspecified atom stereocenters. The van der Waals surface area contributed by atoms with Crippen molar-refractivity contribution in [2.24, 2.45) is 0 Å². The van der Waals surface area contributed by atoms with Gasteiger partial charge in [-0.05, 0) is 84.1 Å². The first-order valence-electron chi connectivity index (χ1n) is 21.4. The lowest BCUT2D eigenvalue weighted by molar-refractivity contribution is -0.777. The summed E-state index contributed by atoms with van der Waals surface area (Å²) in [6.45, 7) is 9.75. The molecular formula is C50H48N3O10S2-. The van der Waals surface area contributed by atoms with Crippen LogP contribution in [0.4, 0.5) is 11.4 Å². The fraction of sp³-hybridized carbons (Fsp3) is 0.280. The summed E-state index contributed by atoms with van der Waals surface area (Å²) in [7, 11) is -4.79. The molecule has 5 aromatic carbocycles. The van der Waals surface area contributed by atoms with E-state index in [0.717, 1.165) is 57.3 Å². The van der Waals surface area contributed by atoms with E-state index in [-0.39, 0.29) is 36.1 Å². The monoisotopic (exact) mass is 914 g/mol. The minimum Gasteiger partial charge on any atom is -0.744 e. The SMILES string of the molecule is CC1(C)C(/C=C/C=C/C=C2\N(CCCCCC(=O)ON3C(=O)CCC3=O)c3ccc4ccccc4c3C2(C)C)=[N+](Cc2ccc(S(=O)(=O)[O-])cc2SOO[O-])c2ccc3ccccc3c21. The summed E-state index contributed by atoms with van der Waals surface area (Å²) in [6, 6.07) is 29.0. The zero-order valence-electron chi connectivity index (χ0n) is 36.4. The van der Waals surface area contributed by atoms with Crippen molar-refractivity contribution in [1.82, 2.24) is 5.06 Å². The topological polar surface area (TPSA) is 169 Å². The van der Waals surface area contributed by atoms with Crippen molar-refractivity contribution in [2.75, 3.05) is 11.4 Å². The summed E-state index contributed by atoms with van der Waals surface area (Å²) in [4.78, 5) is 43.5. The Bertz CT molecular complexity index is 2960. The molecule has 0 aromatic heterocycles. The van der Waals surface area contributed by atoms with Gasteiger partial charge in [-0.3, -0.25) is 14.6 Å². The number of carbonyl (C=O) groups is 3. The van der Waals surface area contributed by atoms with Crippen LogP contribution in [0.25, 0.3) is 21.5 Å². The molecule has 3 aliphatic heterocycles. The van der Waals surface area contributed by atoms with E-state index < -0.39 is 38.2 Å². The first-order chi connectivity index (χ1) is 31.1. The summed E-state index contributed by atoms with van der Waals surface area (Å²) >= 11 is 0.537. The number of imide groups is 1. The summed E-state index contributed by atoms with van der Waals surface area (Å²) in [5.74, 6) is -1.58. The second-order valence-electron chi connectivity index (χ2n) is 17.3. The van der Waals surface area contributed by atoms with Gasteiger partial charge in [-0.2, -0.15) is 8.91 Å². The molecule has 0 aliphatic carbocycles. The molecule has 0 atom stereocenters. The van der Waals surface area contributed by atoms with Gasteiger partial charge in [0, 0.05) is 70.8 Å². The number of hydrogen-bond acceptors (Lipinski definition) is 12. The highest BCUT2D eigenvalue weighted by Gasteiger charge is 2.46. The van der Waals surface area contributed by atoms with Gasteiger partial charge in [-0.1, -0.05) is 99.2 Å². The number of hydroxylamine groups is 2. The van der Waals surface area contributed by atoms with Crippen molar-refractivity contribution in [2.45, 2.75) is 93.4 Å². The maximum Gasteiger partial charge on any atom is 0.333 e. The van der Waals surface area contributed by atoms with E-state index in [1.54, 1.807) is 6.07 Å². The van der Waals surface area contributed by atoms with E-state index in [4.69, 9.17) is 4.84 Å². The molecule has 15 heteroatoms. The van der Waals surface area contributed by atoms with Gasteiger partial charge < -0.3 is 19.5 Å². The molecule has 0 spiro atoms. The Balaban J connectivity index is 1.09. The van der Waals surface area contributed by atoms with Crippen LogP contribution in [0.2, 0.25) is 0 Å². The third kappa shape index (κ3) is 9.04. The zero-order chi connectivity index (χ0) is 46.1. The van der Waals surface area contributed by atoms with E-state index in [0.29, 0.717) is 35.6 Å². The predicted octanol–water partition coefficient (Wildman–Crippen LogP) is 8.67. The molecule has 1 fully saturated rings. The van der Waals surface area contributed by atoms with Crippen molar-refractivity contribution >= 4 is 78.6 Å². The van der Waals surface area contributed by atoms with Gasteiger partial charge in [0.15, 0.2) is 12.3 Å². The number of hydrogen-bond donors (Lipinski definition) is 0. The van der Waals surface area contributed by atoms with Crippen molar-refractivity contribution in [3.8, 4) is 0 Å². The Labute approximate surface area is 382 Å². The molecule has 65 heavy (non-hydrogen) atoms. The second-order valence-corrected chi connectivity index (χ2v) is 19.5. The predicted molar refractivity (Wildman–Crippen MR) is 244 cm³/mol. The molecule has 1 saturated heterocycles. The molecule has 2 amide bonds. The summed E-state index contributed by atoms with van der Waals surface area (Å²) in [5.41, 5.74) is 6.28. The average molecular weight is 915 g/mol. The smallest absolute Gasteiger partial charge is 0.333 e. The summed E-state index contributed by atoms with van der Waals surface area (Å²) < 4.78 is 42.6. The quantitative estimate of drug-likeness (QED) is 0.0135. The molecule has 13 nitrogen and oxygen atoms in total. The van der Waals surface area contributed by atoms with Crippen LogP contribution < -0.4 is 10.2 Å². The molecule has 0 radical (unpaired) electrons. The Morgan fingerprint density at radius 1 is 0.815 bits per heavy atom. The van der Waals surface area contributed by atoms with E-state index in [1.165, 1.54) is 23.1 Å². The Kier molecular flexibility index (Phi) is 13.0. The number of unbranched alkanes of at least 4 members (excludes halogenated alkanes) is 2. The molecule has 0 saturated carbocycles. The summed E-state index contributed by atoms with van der Waals surface area (Å²) in [5, 5.41) is 19.6. The molecule has 5 aromatic rings. The fourth-order valence-electron chi connectivity index (χ4n) is 9.48. The van der Waals surface area contributed by atoms with E-state index >= 15 is 0 Å². The lowest BCUT2D eigenvalue weighted by Gasteiger charge is -2.27. The normalized spacial score (nSPS) is 17.5. The molecule has 8 rings (SSSR count). The number of benzene rings is 5. The van der Waals surface area contributed by atoms with Gasteiger partial charge in [-0.15, -0.1) is 5.06 Å². The zero-order valence-corrected chi connectivity index (χ0v) is 38.1. The van der Waals surface area contributed by atoms with Crippen LogP contribution in [-0.2, 0) is 56.1 Å². The maximum atomic E-state index is 12.5. The van der Waals surface area contributed by atoms with Crippen LogP contribution in [0.5, 0.6) is 0 Å². The second kappa shape index (κ2) is 18.5. The fourth-order valence-corrected chi connectivity index (χ4v) is 10.6. The number of anilines is 1. The van der Waals surface area contributed by atoms with Crippen LogP contribution >= 0.6 is 12.0 Å². The third-order valence-electron chi connectivity index (χ3n) is 12.5. The standard InChI is InChI=1S/C50H49N3O10S2/c1-49(2)42(51(39-26-23-33-15-10-12-17-37(33)47(39)49)30-14-6-9-21-46(56)61-53-44(54)28-29-45(53)55)19-7-5-8-20-43-50(3,4)48-38-18-13-11-16-34(38)24-27-40(48)52(43)32-35-22-25-36(65(58,59)60)31-41(35)64-63-62-57/h5,7-8,10-13,15-20,22-27,31H,6,9,14,21,28-30,32H2,1-4H3,(H-,57,58,59,60)/p-1. The number of nitrogens with zero attached hydrogens (tertiary/aromatic N) is 3. The number of allylic oxidation sites excluding steroid dienone is 6. The van der Waals surface area contributed by atoms with Crippen LogP contribution in [0, 0.1) is 0 Å². The Morgan fingerprint density at radius 2 is 1.49 bits per heavy atom. The van der Waals surface area contributed by atoms with E-state index in [9.17, 15) is 32.6 Å². The van der Waals surface area contributed by atoms with Crippen molar-refractivity contribution in [1.29, 1.82) is 0 Å². The lowest BCUT2D eigenvalue weighted by Crippen LogP contribution is -2.32. The third-order valence-corrected chi connectivity index (χ3v) is 14.0. The largest absolute Gasteiger partial charge is 0.744 e. The van der Waals surface area contributed by atoms with Gasteiger partial charge in [0.05, 0.1) is 22.4 Å². The van der Waals surface area contributed by atoms with Crippen LogP contribution in [0.3, 0.4) is 0 Å². The highest BCUT2D eigenvalue weighted by Crippen LogP contribution is 2.51. The van der Waals surface area contributed by atoms with Crippen molar-refractivity contribution < 1.29 is 51.4 Å². The van der Waals surface area contributed by atoms with Gasteiger partial charge in [0.2, 0.25) is 5.69 Å². The molecular weight excluding hydrogens is 867 g/mol. The first-order valence-corrected chi connectivity index (χ1v) is 23.6. The highest BCUT2D eigenvalue weighted by molar-refractivity contribution is 7.94. The van der Waals surface area contributed by atoms with Crippen molar-refractivity contribution in [3.05, 3.63) is 144 Å². The molecule has 3 heterocycles. The van der Waals surface area contributed by atoms with E-state index in [2.05, 4.69) is 113 Å². The highest BCUT2D eigenvalue weighted by atomic mass is 32.2. The molecule has 0 bridgehead atoms. The van der Waals surface area contributed by atoms with Crippen LogP contribution in [0.15, 0.2) is 137 Å². The molecule has 0 N–H and O–H groups in total. The number of rotatable bonds is 16. The van der Waals surface area contributed by atoms with Crippen molar-refractivity contribution in [3.63, 3.8) is 0 Å². The Morgan fingerprint density at radius 3 is 2.18 bits per heavy atom. The van der Waals surface area contributed by atoms with Gasteiger partial charge in [-0.25, -0.2) is 13.2 Å². The van der Waals surface area contributed by atoms with E-state index in [1.807, 2.05) is 36.4 Å². The minimum atomic E-state index is -4.79. The molecule has 3 aliphatic rings. The van der Waals surface area contributed by atoms with Gasteiger partial charge in [0.25, 0.3) is 11.8 Å². The van der Waals surface area contributed by atoms with Gasteiger partial charge in [0.1, 0.15) is 10.1 Å². The molecule has 336 valence electrons. The lowest BCUT2D eigenvalue weighted by atomic mass is 9.79. The number of carbonyl (C=O) groups excluding carboxylic acids is 3. The Hall–Kier alpha value is -5.94. The number of fused-ring (bicyclic) bond motifs is 6. The van der Waals surface area contributed by atoms with Crippen LogP contribution in [0.1, 0.15) is 82.9 Å². The summed E-state index contributed by atoms with van der Waals surface area (Å²) in [6.07, 6.45) is 12.5. The first kappa shape index (κ1) is 45.6. The van der Waals surface area contributed by atoms with Gasteiger partial charge >= 0.3 is 5.97 Å².